The lowest BCUT2D eigenvalue weighted by molar-refractivity contribution is -0.232. The van der Waals surface area contributed by atoms with Gasteiger partial charge in [-0.2, -0.15) is 13.2 Å². The number of benzene rings is 3. The number of carbonyl (C=O) groups is 3. The molecule has 1 aliphatic heterocycles. The molecule has 8 nitrogen and oxygen atoms in total. The summed E-state index contributed by atoms with van der Waals surface area (Å²) in [5.41, 5.74) is 1.41. The Kier molecular flexibility index (Phi) is 10.8. The standard InChI is InChI=1S/C34H35ClF3N3O5/c1-21(2)31-33(45)41(40(23(4)43)29(32(44)34(36,37)38)17-24-10-6-5-7-11-24)30(19-39(31)22(3)42)26-13-9-15-28(18-26)46-20-25-12-8-14-27(35)16-25/h5-16,18-19,21,29,31-32,44H,17,20H2,1-4H3/t29?,31-,32?/m1/s1. The number of hydrazine groups is 1. The summed E-state index contributed by atoms with van der Waals surface area (Å²) in [7, 11) is 0. The molecule has 0 aliphatic carbocycles. The van der Waals surface area contributed by atoms with Gasteiger partial charge in [0.15, 0.2) is 6.10 Å². The van der Waals surface area contributed by atoms with Crippen LogP contribution in [0.1, 0.15) is 44.4 Å². The maximum atomic E-state index is 14.4. The highest BCUT2D eigenvalue weighted by Crippen LogP contribution is 2.36. The van der Waals surface area contributed by atoms with Crippen molar-refractivity contribution in [1.29, 1.82) is 0 Å². The summed E-state index contributed by atoms with van der Waals surface area (Å²) in [5.74, 6) is -2.36. The Morgan fingerprint density at radius 3 is 2.22 bits per heavy atom. The molecule has 4 rings (SSSR count). The van der Waals surface area contributed by atoms with Gasteiger partial charge in [-0.15, -0.1) is 0 Å². The van der Waals surface area contributed by atoms with Crippen LogP contribution in [-0.4, -0.2) is 62.1 Å². The number of nitrogens with zero attached hydrogens (tertiary/aromatic N) is 3. The largest absolute Gasteiger partial charge is 0.489 e. The molecule has 3 aromatic rings. The van der Waals surface area contributed by atoms with Gasteiger partial charge < -0.3 is 14.7 Å². The summed E-state index contributed by atoms with van der Waals surface area (Å²) in [5, 5.41) is 12.7. The molecule has 0 bridgehead atoms. The van der Waals surface area contributed by atoms with Crippen LogP contribution >= 0.6 is 11.6 Å². The summed E-state index contributed by atoms with van der Waals surface area (Å²) < 4.78 is 48.6. The minimum atomic E-state index is -5.13. The van der Waals surface area contributed by atoms with Crippen LogP contribution in [-0.2, 0) is 27.4 Å². The van der Waals surface area contributed by atoms with E-state index in [0.717, 1.165) is 17.5 Å². The van der Waals surface area contributed by atoms with Gasteiger partial charge in [-0.25, -0.2) is 10.0 Å². The van der Waals surface area contributed by atoms with E-state index in [1.54, 1.807) is 86.6 Å². The monoisotopic (exact) mass is 657 g/mol. The number of hydrogen-bond donors (Lipinski definition) is 1. The first-order valence-electron chi connectivity index (χ1n) is 14.6. The van der Waals surface area contributed by atoms with Gasteiger partial charge in [-0.05, 0) is 47.7 Å². The quantitative estimate of drug-likeness (QED) is 0.279. The Hall–Kier alpha value is -4.35. The van der Waals surface area contributed by atoms with Crippen molar-refractivity contribution in [2.75, 3.05) is 0 Å². The van der Waals surface area contributed by atoms with Gasteiger partial charge >= 0.3 is 6.18 Å². The number of ether oxygens (including phenoxy) is 1. The van der Waals surface area contributed by atoms with Crippen LogP contribution in [0.3, 0.4) is 0 Å². The van der Waals surface area contributed by atoms with E-state index >= 15 is 0 Å². The molecule has 1 heterocycles. The molecule has 0 saturated heterocycles. The van der Waals surface area contributed by atoms with Crippen LogP contribution in [0.15, 0.2) is 85.1 Å². The van der Waals surface area contributed by atoms with E-state index in [9.17, 15) is 32.7 Å². The van der Waals surface area contributed by atoms with Crippen LogP contribution in [0, 0.1) is 5.92 Å². The Morgan fingerprint density at radius 1 is 0.978 bits per heavy atom. The molecule has 0 spiro atoms. The lowest BCUT2D eigenvalue weighted by Gasteiger charge is -2.48. The second-order valence-electron chi connectivity index (χ2n) is 11.3. The highest BCUT2D eigenvalue weighted by Gasteiger charge is 2.51. The number of hydrogen-bond acceptors (Lipinski definition) is 5. The van der Waals surface area contributed by atoms with Gasteiger partial charge in [0.2, 0.25) is 11.8 Å². The first-order chi connectivity index (χ1) is 21.7. The third-order valence-electron chi connectivity index (χ3n) is 7.51. The number of carbonyl (C=O) groups excluding carboxylic acids is 3. The molecule has 12 heteroatoms. The van der Waals surface area contributed by atoms with Crippen LogP contribution in [0.25, 0.3) is 5.70 Å². The second kappa shape index (κ2) is 14.4. The maximum Gasteiger partial charge on any atom is 0.416 e. The molecule has 1 aliphatic rings. The van der Waals surface area contributed by atoms with Crippen molar-refractivity contribution in [3.63, 3.8) is 0 Å². The van der Waals surface area contributed by atoms with E-state index in [1.807, 2.05) is 6.07 Å². The fraction of sp³-hybridized carbons (Fsp3) is 0.324. The summed E-state index contributed by atoms with van der Waals surface area (Å²) in [4.78, 5) is 41.8. The number of aliphatic hydroxyl groups excluding tert-OH is 1. The van der Waals surface area contributed by atoms with E-state index in [1.165, 1.54) is 18.0 Å². The molecule has 3 atom stereocenters. The SMILES string of the molecule is CC(=O)N1C=C(c2cccc(OCc3cccc(Cl)c3)c2)N(N(C(C)=O)C(Cc2ccccc2)C(O)C(F)(F)F)C(=O)[C@H]1C(C)C. The fourth-order valence-corrected chi connectivity index (χ4v) is 5.62. The maximum absolute atomic E-state index is 14.4. The third kappa shape index (κ3) is 7.89. The van der Waals surface area contributed by atoms with Crippen LogP contribution in [0.2, 0.25) is 5.02 Å². The smallest absolute Gasteiger partial charge is 0.416 e. The van der Waals surface area contributed by atoms with Gasteiger partial charge in [-0.3, -0.25) is 14.4 Å². The van der Waals surface area contributed by atoms with Crippen molar-refractivity contribution in [1.82, 2.24) is 14.9 Å². The van der Waals surface area contributed by atoms with Crippen molar-refractivity contribution in [2.24, 2.45) is 5.92 Å². The van der Waals surface area contributed by atoms with E-state index in [-0.39, 0.29) is 17.9 Å². The zero-order chi connectivity index (χ0) is 33.8. The number of rotatable bonds is 10. The average Bonchev–Trinajstić information content (AvgIpc) is 2.99. The zero-order valence-electron chi connectivity index (χ0n) is 25.7. The van der Waals surface area contributed by atoms with Crippen molar-refractivity contribution in [3.8, 4) is 5.75 Å². The van der Waals surface area contributed by atoms with E-state index in [0.29, 0.717) is 21.3 Å². The Balaban J connectivity index is 1.87. The van der Waals surface area contributed by atoms with Crippen molar-refractivity contribution < 1.29 is 37.4 Å². The van der Waals surface area contributed by atoms with E-state index in [2.05, 4.69) is 0 Å². The van der Waals surface area contributed by atoms with Gasteiger partial charge in [0.05, 0.1) is 11.7 Å². The highest BCUT2D eigenvalue weighted by molar-refractivity contribution is 6.30. The van der Waals surface area contributed by atoms with Crippen molar-refractivity contribution >= 4 is 35.0 Å². The van der Waals surface area contributed by atoms with E-state index < -0.39 is 54.4 Å². The normalized spacial score (nSPS) is 16.6. The topological polar surface area (TPSA) is 90.4 Å². The summed E-state index contributed by atoms with van der Waals surface area (Å²) in [6, 6.07) is 18.4. The van der Waals surface area contributed by atoms with Gasteiger partial charge in [0.25, 0.3) is 5.91 Å². The average molecular weight is 658 g/mol. The van der Waals surface area contributed by atoms with Crippen LogP contribution in [0.4, 0.5) is 13.2 Å². The number of halogens is 4. The molecule has 244 valence electrons. The molecular weight excluding hydrogens is 623 g/mol. The summed E-state index contributed by atoms with van der Waals surface area (Å²) >= 11 is 6.09. The number of alkyl halides is 3. The summed E-state index contributed by atoms with van der Waals surface area (Å²) in [6.07, 6.45) is -7.22. The predicted octanol–water partition coefficient (Wildman–Crippen LogP) is 6.23. The lowest BCUT2D eigenvalue weighted by Crippen LogP contribution is -2.65. The molecule has 3 amide bonds. The first-order valence-corrected chi connectivity index (χ1v) is 15.0. The van der Waals surface area contributed by atoms with Crippen molar-refractivity contribution in [2.45, 2.75) is 65.1 Å². The molecule has 0 aromatic heterocycles. The predicted molar refractivity (Wildman–Crippen MR) is 167 cm³/mol. The number of aliphatic hydroxyl groups is 1. The molecule has 0 saturated carbocycles. The minimum absolute atomic E-state index is 0.0482. The Morgan fingerprint density at radius 2 is 1.63 bits per heavy atom. The highest BCUT2D eigenvalue weighted by atomic mass is 35.5. The second-order valence-corrected chi connectivity index (χ2v) is 11.8. The zero-order valence-corrected chi connectivity index (χ0v) is 26.5. The molecule has 46 heavy (non-hydrogen) atoms. The third-order valence-corrected chi connectivity index (χ3v) is 7.75. The van der Waals surface area contributed by atoms with Gasteiger partial charge in [-0.1, -0.05) is 80.0 Å². The van der Waals surface area contributed by atoms with E-state index in [4.69, 9.17) is 16.3 Å². The molecule has 0 radical (unpaired) electrons. The molecule has 0 fully saturated rings. The van der Waals surface area contributed by atoms with Gasteiger partial charge in [0, 0.05) is 30.6 Å². The van der Waals surface area contributed by atoms with Gasteiger partial charge in [0.1, 0.15) is 18.4 Å². The first kappa shape index (κ1) is 34.5. The number of amides is 3. The van der Waals surface area contributed by atoms with Crippen LogP contribution in [0.5, 0.6) is 5.75 Å². The summed E-state index contributed by atoms with van der Waals surface area (Å²) in [6.45, 7) is 5.80. The fourth-order valence-electron chi connectivity index (χ4n) is 5.41. The minimum Gasteiger partial charge on any atom is -0.489 e. The van der Waals surface area contributed by atoms with Crippen molar-refractivity contribution in [3.05, 3.63) is 107 Å². The Bertz CT molecular complexity index is 1600. The lowest BCUT2D eigenvalue weighted by atomic mass is 9.96. The Labute approximate surface area is 270 Å². The van der Waals surface area contributed by atoms with Crippen LogP contribution < -0.4 is 4.74 Å². The molecular formula is C34H35ClF3N3O5. The molecule has 2 unspecified atom stereocenters. The molecule has 1 N–H and O–H groups in total. The molecule has 3 aromatic carbocycles.